The van der Waals surface area contributed by atoms with Gasteiger partial charge in [0.15, 0.2) is 0 Å². The van der Waals surface area contributed by atoms with Crippen LogP contribution in [0.4, 0.5) is 4.79 Å². The van der Waals surface area contributed by atoms with Gasteiger partial charge in [0.1, 0.15) is 6.04 Å². The van der Waals surface area contributed by atoms with Gasteiger partial charge in [-0.25, -0.2) is 9.59 Å². The zero-order chi connectivity index (χ0) is 14.6. The molecule has 0 bridgehead atoms. The maximum Gasteiger partial charge on any atom is 0.326 e. The highest BCUT2D eigenvalue weighted by Gasteiger charge is 2.34. The predicted octanol–water partition coefficient (Wildman–Crippen LogP) is 2.17. The lowest BCUT2D eigenvalue weighted by atomic mass is 9.85. The van der Waals surface area contributed by atoms with Crippen molar-refractivity contribution in [2.75, 3.05) is 13.1 Å². The van der Waals surface area contributed by atoms with E-state index in [1.807, 2.05) is 0 Å². The molecule has 0 spiro atoms. The number of hydrogen-bond donors (Lipinski definition) is 2. The van der Waals surface area contributed by atoms with E-state index in [4.69, 9.17) is 5.11 Å². The second kappa shape index (κ2) is 6.78. The van der Waals surface area contributed by atoms with Gasteiger partial charge in [-0.05, 0) is 30.6 Å². The van der Waals surface area contributed by atoms with Crippen molar-refractivity contribution in [3.05, 3.63) is 0 Å². The van der Waals surface area contributed by atoms with Crippen LogP contribution < -0.4 is 5.32 Å². The molecule has 2 N–H and O–H groups in total. The van der Waals surface area contributed by atoms with Gasteiger partial charge >= 0.3 is 12.0 Å². The van der Waals surface area contributed by atoms with E-state index in [1.165, 1.54) is 4.90 Å². The minimum absolute atomic E-state index is 0.240. The van der Waals surface area contributed by atoms with E-state index < -0.39 is 12.0 Å². The number of carbonyl (C=O) groups is 2. The van der Waals surface area contributed by atoms with Gasteiger partial charge in [-0.1, -0.05) is 27.7 Å². The third kappa shape index (κ3) is 4.11. The molecule has 0 radical (unpaired) electrons. The molecule has 0 aromatic rings. The first-order chi connectivity index (χ1) is 8.84. The fourth-order valence-electron chi connectivity index (χ4n) is 2.81. The summed E-state index contributed by atoms with van der Waals surface area (Å²) in [6, 6.07) is -0.896. The van der Waals surface area contributed by atoms with Crippen LogP contribution in [0.3, 0.4) is 0 Å². The Morgan fingerprint density at radius 2 is 1.84 bits per heavy atom. The maximum absolute atomic E-state index is 12.1. The number of carbonyl (C=O) groups excluding carboxylic acids is 1. The molecule has 1 rings (SSSR count). The molecule has 1 aliphatic rings. The van der Waals surface area contributed by atoms with Crippen LogP contribution in [0.1, 0.15) is 40.5 Å². The normalized spacial score (nSPS) is 19.5. The number of rotatable bonds is 5. The Morgan fingerprint density at radius 1 is 1.26 bits per heavy atom. The van der Waals surface area contributed by atoms with E-state index in [2.05, 4.69) is 33.0 Å². The zero-order valence-corrected chi connectivity index (χ0v) is 12.3. The Hall–Kier alpha value is -1.26. The second-order valence-electron chi connectivity index (χ2n) is 6.03. The van der Waals surface area contributed by atoms with Crippen LogP contribution in [0.25, 0.3) is 0 Å². The number of nitrogens with zero attached hydrogens (tertiary/aromatic N) is 1. The van der Waals surface area contributed by atoms with Crippen LogP contribution in [0, 0.1) is 17.8 Å². The van der Waals surface area contributed by atoms with E-state index in [0.717, 1.165) is 6.42 Å². The van der Waals surface area contributed by atoms with Crippen LogP contribution in [0.15, 0.2) is 0 Å². The highest BCUT2D eigenvalue weighted by Crippen LogP contribution is 2.21. The molecule has 1 heterocycles. The average Bonchev–Trinajstić information content (AvgIpc) is 2.76. The number of aliphatic carboxylic acids is 1. The Labute approximate surface area is 115 Å². The maximum atomic E-state index is 12.1. The third-order valence-corrected chi connectivity index (χ3v) is 4.00. The Kier molecular flexibility index (Phi) is 5.63. The molecular weight excluding hydrogens is 244 g/mol. The van der Waals surface area contributed by atoms with Gasteiger partial charge < -0.3 is 15.3 Å². The second-order valence-corrected chi connectivity index (χ2v) is 6.03. The van der Waals surface area contributed by atoms with E-state index in [1.54, 1.807) is 0 Å². The first-order valence-corrected chi connectivity index (χ1v) is 7.11. The topological polar surface area (TPSA) is 69.6 Å². The molecule has 1 fully saturated rings. The molecular formula is C14H26N2O3. The fourth-order valence-corrected chi connectivity index (χ4v) is 2.81. The lowest BCUT2D eigenvalue weighted by Crippen LogP contribution is -2.47. The Bertz CT molecular complexity index is 321. The molecule has 0 unspecified atom stereocenters. The molecule has 0 aromatic carbocycles. The molecule has 1 aliphatic heterocycles. The summed E-state index contributed by atoms with van der Waals surface area (Å²) in [5.74, 6) is 0.495. The monoisotopic (exact) mass is 270 g/mol. The SMILES string of the molecule is CC(C)C(CNC(=O)N1CCC[C@H]1C(=O)O)C(C)C. The van der Waals surface area contributed by atoms with Crippen LogP contribution in [0.2, 0.25) is 0 Å². The Morgan fingerprint density at radius 3 is 2.32 bits per heavy atom. The van der Waals surface area contributed by atoms with Crippen LogP contribution in [-0.2, 0) is 4.79 Å². The van der Waals surface area contributed by atoms with Gasteiger partial charge in [-0.2, -0.15) is 0 Å². The highest BCUT2D eigenvalue weighted by atomic mass is 16.4. The lowest BCUT2D eigenvalue weighted by Gasteiger charge is -2.27. The summed E-state index contributed by atoms with van der Waals surface area (Å²) in [5.41, 5.74) is 0. The zero-order valence-electron chi connectivity index (χ0n) is 12.3. The molecule has 0 aliphatic carbocycles. The molecule has 0 aromatic heterocycles. The summed E-state index contributed by atoms with van der Waals surface area (Å²) in [6.45, 7) is 9.73. The van der Waals surface area contributed by atoms with Gasteiger partial charge in [-0.15, -0.1) is 0 Å². The van der Waals surface area contributed by atoms with E-state index in [9.17, 15) is 9.59 Å². The fraction of sp³-hybridized carbons (Fsp3) is 0.857. The summed E-state index contributed by atoms with van der Waals surface area (Å²) in [7, 11) is 0. The quantitative estimate of drug-likeness (QED) is 0.804. The number of urea groups is 1. The average molecular weight is 270 g/mol. The third-order valence-electron chi connectivity index (χ3n) is 4.00. The van der Waals surface area contributed by atoms with Crippen molar-refractivity contribution < 1.29 is 14.7 Å². The summed E-state index contributed by atoms with van der Waals surface area (Å²) in [5, 5.41) is 12.0. The molecule has 5 heteroatoms. The van der Waals surface area contributed by atoms with Crippen molar-refractivity contribution in [3.63, 3.8) is 0 Å². The largest absolute Gasteiger partial charge is 0.480 e. The van der Waals surface area contributed by atoms with Gasteiger partial charge in [0.25, 0.3) is 0 Å². The number of hydrogen-bond acceptors (Lipinski definition) is 2. The molecule has 1 saturated heterocycles. The molecule has 19 heavy (non-hydrogen) atoms. The van der Waals surface area contributed by atoms with Crippen LogP contribution in [-0.4, -0.2) is 41.1 Å². The van der Waals surface area contributed by atoms with Crippen molar-refractivity contribution >= 4 is 12.0 Å². The van der Waals surface area contributed by atoms with Crippen LogP contribution >= 0.6 is 0 Å². The molecule has 0 saturated carbocycles. The summed E-state index contributed by atoms with van der Waals surface area (Å²) < 4.78 is 0. The van der Waals surface area contributed by atoms with Gasteiger partial charge in [-0.3, -0.25) is 0 Å². The molecule has 110 valence electrons. The van der Waals surface area contributed by atoms with E-state index in [-0.39, 0.29) is 6.03 Å². The first kappa shape index (κ1) is 15.8. The lowest BCUT2D eigenvalue weighted by molar-refractivity contribution is -0.141. The first-order valence-electron chi connectivity index (χ1n) is 7.11. The number of carboxylic acid groups (broad SMARTS) is 1. The number of carboxylic acids is 1. The van der Waals surface area contributed by atoms with Crippen molar-refractivity contribution in [2.24, 2.45) is 17.8 Å². The van der Waals surface area contributed by atoms with Gasteiger partial charge in [0, 0.05) is 13.1 Å². The Balaban J connectivity index is 2.53. The number of likely N-dealkylation sites (tertiary alicyclic amines) is 1. The van der Waals surface area contributed by atoms with E-state index in [0.29, 0.717) is 37.3 Å². The van der Waals surface area contributed by atoms with Crippen molar-refractivity contribution in [1.29, 1.82) is 0 Å². The van der Waals surface area contributed by atoms with E-state index >= 15 is 0 Å². The summed E-state index contributed by atoms with van der Waals surface area (Å²) in [6.07, 6.45) is 1.32. The minimum Gasteiger partial charge on any atom is -0.480 e. The van der Waals surface area contributed by atoms with Gasteiger partial charge in [0.2, 0.25) is 0 Å². The number of nitrogens with one attached hydrogen (secondary N) is 1. The van der Waals surface area contributed by atoms with Crippen LogP contribution in [0.5, 0.6) is 0 Å². The van der Waals surface area contributed by atoms with Crippen molar-refractivity contribution in [1.82, 2.24) is 10.2 Å². The van der Waals surface area contributed by atoms with Gasteiger partial charge in [0.05, 0.1) is 0 Å². The minimum atomic E-state index is -0.906. The predicted molar refractivity (Wildman–Crippen MR) is 73.9 cm³/mol. The summed E-state index contributed by atoms with van der Waals surface area (Å²) in [4.78, 5) is 24.6. The summed E-state index contributed by atoms with van der Waals surface area (Å²) >= 11 is 0. The highest BCUT2D eigenvalue weighted by molar-refractivity contribution is 5.83. The number of amides is 2. The molecule has 2 amide bonds. The molecule has 1 atom stereocenters. The molecule has 5 nitrogen and oxygen atoms in total. The smallest absolute Gasteiger partial charge is 0.326 e. The van der Waals surface area contributed by atoms with Crippen molar-refractivity contribution in [2.45, 2.75) is 46.6 Å². The van der Waals surface area contributed by atoms with Crippen molar-refractivity contribution in [3.8, 4) is 0 Å². The standard InChI is InChI=1S/C14H26N2O3/c1-9(2)11(10(3)4)8-15-14(19)16-7-5-6-12(16)13(17)18/h9-12H,5-8H2,1-4H3,(H,15,19)(H,17,18)/t12-/m0/s1.